The van der Waals surface area contributed by atoms with Crippen LogP contribution in [0, 0.1) is 0 Å². The minimum absolute atomic E-state index is 0. The van der Waals surface area contributed by atoms with Crippen LogP contribution in [0.3, 0.4) is 0 Å². The van der Waals surface area contributed by atoms with Gasteiger partial charge in [0.2, 0.25) is 5.43 Å². The summed E-state index contributed by atoms with van der Waals surface area (Å²) in [5, 5.41) is 9.72. The topological polar surface area (TPSA) is 59.3 Å². The third kappa shape index (κ3) is 2.62. The van der Waals surface area contributed by atoms with Gasteiger partial charge in [0.1, 0.15) is 5.56 Å². The molecule has 6 heteroatoms. The van der Waals surface area contributed by atoms with Gasteiger partial charge in [-0.1, -0.05) is 11.6 Å². The number of halogens is 1. The van der Waals surface area contributed by atoms with E-state index < -0.39 is 11.4 Å². The van der Waals surface area contributed by atoms with E-state index in [9.17, 15) is 9.59 Å². The Balaban J connectivity index is 0.00000162. The molecule has 0 fully saturated rings. The van der Waals surface area contributed by atoms with E-state index in [4.69, 9.17) is 16.7 Å². The molecule has 2 aromatic rings. The fourth-order valence-corrected chi connectivity index (χ4v) is 1.96. The first-order chi connectivity index (χ1) is 8.04. The van der Waals surface area contributed by atoms with E-state index in [1.807, 2.05) is 6.92 Å². The molecule has 90 valence electrons. The number of carboxylic acids is 1. The van der Waals surface area contributed by atoms with Crippen molar-refractivity contribution in [1.29, 1.82) is 0 Å². The number of hydrogen-bond acceptors (Lipinski definition) is 2. The minimum atomic E-state index is -1.22. The Morgan fingerprint density at radius 3 is 2.67 bits per heavy atom. The summed E-state index contributed by atoms with van der Waals surface area (Å²) in [6.07, 6.45) is 1.36. The van der Waals surface area contributed by atoms with Gasteiger partial charge in [0.05, 0.1) is 5.52 Å². The molecule has 1 heterocycles. The summed E-state index contributed by atoms with van der Waals surface area (Å²) < 4.78 is 1.72. The van der Waals surface area contributed by atoms with Gasteiger partial charge in [-0.3, -0.25) is 4.79 Å². The molecule has 4 nitrogen and oxygen atoms in total. The number of aryl methyl sites for hydroxylation is 1. The number of nitrogens with zero attached hydrogens (tertiary/aromatic N) is 1. The predicted molar refractivity (Wildman–Crippen MR) is 73.0 cm³/mol. The molecular weight excluding hydrogens is 265 g/mol. The Hall–Kier alpha value is -0.810. The fraction of sp³-hybridized carbons (Fsp3) is 0.167. The van der Waals surface area contributed by atoms with Crippen molar-refractivity contribution in [1.82, 2.24) is 4.57 Å². The van der Waals surface area contributed by atoms with Gasteiger partial charge in [-0.05, 0) is 25.1 Å². The quantitative estimate of drug-likeness (QED) is 0.849. The third-order valence-electron chi connectivity index (χ3n) is 2.61. The van der Waals surface area contributed by atoms with E-state index in [-0.39, 0.29) is 35.1 Å². The van der Waals surface area contributed by atoms with Gasteiger partial charge in [-0.25, -0.2) is 4.79 Å². The second-order valence-electron chi connectivity index (χ2n) is 3.62. The summed E-state index contributed by atoms with van der Waals surface area (Å²) in [7, 11) is 0. The number of hydrogen-bond donors (Lipinski definition) is 1. The molecule has 1 N–H and O–H groups in total. The van der Waals surface area contributed by atoms with Gasteiger partial charge in [0.15, 0.2) is 0 Å². The van der Waals surface area contributed by atoms with Crippen molar-refractivity contribution in [3.8, 4) is 0 Å². The summed E-state index contributed by atoms with van der Waals surface area (Å²) in [6, 6.07) is 4.89. The number of benzene rings is 1. The summed E-state index contributed by atoms with van der Waals surface area (Å²) in [4.78, 5) is 22.9. The van der Waals surface area contributed by atoms with Crippen molar-refractivity contribution in [2.24, 2.45) is 0 Å². The second-order valence-corrected chi connectivity index (χ2v) is 4.06. The SMILES string of the molecule is CCn1cc(C(=O)O)c(=O)c2cc(Cl)ccc21.[NaH]. The molecule has 0 aliphatic carbocycles. The Morgan fingerprint density at radius 1 is 1.44 bits per heavy atom. The van der Waals surface area contributed by atoms with E-state index in [0.717, 1.165) is 0 Å². The maximum atomic E-state index is 11.9. The first-order valence-electron chi connectivity index (χ1n) is 5.10. The van der Waals surface area contributed by atoms with E-state index in [1.54, 1.807) is 16.7 Å². The third-order valence-corrected chi connectivity index (χ3v) is 2.85. The molecule has 1 aromatic carbocycles. The van der Waals surface area contributed by atoms with Gasteiger partial charge in [-0.2, -0.15) is 0 Å². The monoisotopic (exact) mass is 275 g/mol. The van der Waals surface area contributed by atoms with Crippen molar-refractivity contribution in [3.63, 3.8) is 0 Å². The van der Waals surface area contributed by atoms with Crippen LogP contribution in [0.5, 0.6) is 0 Å². The average Bonchev–Trinajstić information content (AvgIpc) is 2.29. The molecule has 2 rings (SSSR count). The predicted octanol–water partition coefficient (Wildman–Crippen LogP) is 1.72. The van der Waals surface area contributed by atoms with Crippen LogP contribution in [0.4, 0.5) is 0 Å². The van der Waals surface area contributed by atoms with Crippen molar-refractivity contribution < 1.29 is 9.90 Å². The van der Waals surface area contributed by atoms with Crippen molar-refractivity contribution >= 4 is 58.0 Å². The van der Waals surface area contributed by atoms with Crippen LogP contribution in [0.1, 0.15) is 17.3 Å². The zero-order chi connectivity index (χ0) is 12.6. The Morgan fingerprint density at radius 2 is 2.11 bits per heavy atom. The van der Waals surface area contributed by atoms with Crippen LogP contribution in [0.2, 0.25) is 5.02 Å². The van der Waals surface area contributed by atoms with Crippen molar-refractivity contribution in [2.45, 2.75) is 13.5 Å². The van der Waals surface area contributed by atoms with E-state index in [0.29, 0.717) is 22.5 Å². The molecule has 0 atom stereocenters. The number of aromatic carboxylic acids is 1. The second kappa shape index (κ2) is 5.89. The molecule has 0 saturated heterocycles. The summed E-state index contributed by atoms with van der Waals surface area (Å²) >= 11 is 5.82. The van der Waals surface area contributed by atoms with Crippen LogP contribution in [-0.2, 0) is 6.54 Å². The average molecular weight is 276 g/mol. The fourth-order valence-electron chi connectivity index (χ4n) is 1.78. The van der Waals surface area contributed by atoms with Gasteiger partial charge >= 0.3 is 35.5 Å². The molecule has 0 radical (unpaired) electrons. The van der Waals surface area contributed by atoms with Crippen LogP contribution in [-0.4, -0.2) is 45.2 Å². The number of fused-ring (bicyclic) bond motifs is 1. The number of rotatable bonds is 2. The molecule has 0 unspecified atom stereocenters. The molecule has 0 amide bonds. The summed E-state index contributed by atoms with van der Waals surface area (Å²) in [5.41, 5.74) is -0.0479. The molecule has 0 saturated carbocycles. The Labute approximate surface area is 130 Å². The van der Waals surface area contributed by atoms with Gasteiger partial charge in [0.25, 0.3) is 0 Å². The van der Waals surface area contributed by atoms with Gasteiger partial charge in [0, 0.05) is 23.2 Å². The number of carbonyl (C=O) groups is 1. The van der Waals surface area contributed by atoms with E-state index in [1.165, 1.54) is 12.3 Å². The van der Waals surface area contributed by atoms with Crippen LogP contribution in [0.15, 0.2) is 29.2 Å². The molecule has 1 aromatic heterocycles. The van der Waals surface area contributed by atoms with Crippen molar-refractivity contribution in [3.05, 3.63) is 45.2 Å². The Kier molecular flexibility index (Phi) is 4.99. The van der Waals surface area contributed by atoms with Gasteiger partial charge < -0.3 is 9.67 Å². The normalized spacial score (nSPS) is 10.1. The number of aromatic nitrogens is 1. The molecule has 18 heavy (non-hydrogen) atoms. The number of pyridine rings is 1. The molecule has 0 aliphatic heterocycles. The zero-order valence-corrected chi connectivity index (χ0v) is 9.86. The van der Waals surface area contributed by atoms with E-state index in [2.05, 4.69) is 0 Å². The van der Waals surface area contributed by atoms with Crippen molar-refractivity contribution in [2.75, 3.05) is 0 Å². The first kappa shape index (κ1) is 15.2. The molecular formula is C12H11ClNNaO3. The first-order valence-corrected chi connectivity index (χ1v) is 5.48. The van der Waals surface area contributed by atoms with Crippen LogP contribution < -0.4 is 5.43 Å². The summed E-state index contributed by atoms with van der Waals surface area (Å²) in [5.74, 6) is -1.22. The Bertz CT molecular complexity index is 666. The van der Waals surface area contributed by atoms with E-state index >= 15 is 0 Å². The van der Waals surface area contributed by atoms with Crippen LogP contribution >= 0.6 is 11.6 Å². The zero-order valence-electron chi connectivity index (χ0n) is 9.11. The van der Waals surface area contributed by atoms with Gasteiger partial charge in [-0.15, -0.1) is 0 Å². The number of carboxylic acid groups (broad SMARTS) is 1. The molecule has 0 spiro atoms. The molecule has 0 aliphatic rings. The molecule has 0 bridgehead atoms. The summed E-state index contributed by atoms with van der Waals surface area (Å²) in [6.45, 7) is 2.46. The maximum absolute atomic E-state index is 11.9. The standard InChI is InChI=1S/C12H10ClNO3.Na.H/c1-2-14-6-9(12(16)17)11(15)8-5-7(13)3-4-10(8)14;;/h3-6H,2H2,1H3,(H,16,17);;. The van der Waals surface area contributed by atoms with Crippen LogP contribution in [0.25, 0.3) is 10.9 Å².